The topological polar surface area (TPSA) is 93.7 Å². The van der Waals surface area contributed by atoms with Crippen molar-refractivity contribution in [1.29, 1.82) is 0 Å². The summed E-state index contributed by atoms with van der Waals surface area (Å²) >= 11 is 5.97. The molecule has 1 aliphatic rings. The molecule has 0 aromatic heterocycles. The van der Waals surface area contributed by atoms with Crippen molar-refractivity contribution >= 4 is 35.1 Å². The highest BCUT2D eigenvalue weighted by Crippen LogP contribution is 2.27. The first kappa shape index (κ1) is 20.0. The number of anilines is 1. The zero-order valence-electron chi connectivity index (χ0n) is 14.7. The van der Waals surface area contributed by atoms with Crippen LogP contribution in [-0.2, 0) is 19.1 Å². The third-order valence-corrected chi connectivity index (χ3v) is 4.48. The molecule has 2 rings (SSSR count). The molecule has 26 heavy (non-hydrogen) atoms. The number of hydrogen-bond acceptors (Lipinski definition) is 5. The Labute approximate surface area is 157 Å². The first-order chi connectivity index (χ1) is 12.5. The van der Waals surface area contributed by atoms with Gasteiger partial charge in [0.25, 0.3) is 5.91 Å². The molecular weight excluding hydrogens is 360 g/mol. The number of benzene rings is 1. The number of carbonyl (C=O) groups excluding carboxylic acids is 3. The van der Waals surface area contributed by atoms with Gasteiger partial charge >= 0.3 is 5.97 Å². The van der Waals surface area contributed by atoms with Gasteiger partial charge in [-0.1, -0.05) is 30.9 Å². The van der Waals surface area contributed by atoms with Crippen LogP contribution in [0.25, 0.3) is 0 Å². The predicted octanol–water partition coefficient (Wildman–Crippen LogP) is 2.53. The zero-order valence-corrected chi connectivity index (χ0v) is 15.4. The minimum atomic E-state index is -0.655. The van der Waals surface area contributed by atoms with E-state index in [9.17, 15) is 14.4 Å². The minimum Gasteiger partial charge on any atom is -0.495 e. The van der Waals surface area contributed by atoms with Crippen molar-refractivity contribution in [1.82, 2.24) is 5.32 Å². The van der Waals surface area contributed by atoms with E-state index in [1.54, 1.807) is 12.1 Å². The van der Waals surface area contributed by atoms with Crippen LogP contribution in [0, 0.1) is 5.92 Å². The Morgan fingerprint density at radius 3 is 2.58 bits per heavy atom. The Balaban J connectivity index is 1.68. The molecule has 0 bridgehead atoms. The first-order valence-corrected chi connectivity index (χ1v) is 8.94. The number of carbonyl (C=O) groups is 3. The highest BCUT2D eigenvalue weighted by molar-refractivity contribution is 6.32. The largest absolute Gasteiger partial charge is 0.495 e. The van der Waals surface area contributed by atoms with Crippen LogP contribution in [0.3, 0.4) is 0 Å². The van der Waals surface area contributed by atoms with Crippen LogP contribution >= 0.6 is 11.6 Å². The third-order valence-electron chi connectivity index (χ3n) is 4.18. The summed E-state index contributed by atoms with van der Waals surface area (Å²) in [5, 5.41) is 5.49. The van der Waals surface area contributed by atoms with Gasteiger partial charge in [0.1, 0.15) is 12.3 Å². The van der Waals surface area contributed by atoms with Gasteiger partial charge < -0.3 is 20.1 Å². The fraction of sp³-hybridized carbons (Fsp3) is 0.500. The fourth-order valence-electron chi connectivity index (χ4n) is 2.81. The van der Waals surface area contributed by atoms with Crippen LogP contribution in [0.4, 0.5) is 5.69 Å². The van der Waals surface area contributed by atoms with Crippen molar-refractivity contribution in [3.05, 3.63) is 23.2 Å². The van der Waals surface area contributed by atoms with Gasteiger partial charge in [-0.2, -0.15) is 0 Å². The summed E-state index contributed by atoms with van der Waals surface area (Å²) in [4.78, 5) is 35.4. The quantitative estimate of drug-likeness (QED) is 0.707. The van der Waals surface area contributed by atoms with E-state index in [-0.39, 0.29) is 18.4 Å². The second kappa shape index (κ2) is 10.0. The summed E-state index contributed by atoms with van der Waals surface area (Å²) in [7, 11) is 1.49. The van der Waals surface area contributed by atoms with Crippen LogP contribution < -0.4 is 15.4 Å². The lowest BCUT2D eigenvalue weighted by Gasteiger charge is -2.20. The summed E-state index contributed by atoms with van der Waals surface area (Å²) in [6.45, 7) is -0.682. The van der Waals surface area contributed by atoms with Gasteiger partial charge in [-0.15, -0.1) is 0 Å². The van der Waals surface area contributed by atoms with Crippen LogP contribution in [0.2, 0.25) is 5.02 Å². The summed E-state index contributed by atoms with van der Waals surface area (Å²) < 4.78 is 9.89. The number of methoxy groups -OCH3 is 1. The molecule has 2 N–H and O–H groups in total. The Morgan fingerprint density at radius 2 is 1.92 bits per heavy atom. The van der Waals surface area contributed by atoms with Crippen molar-refractivity contribution in [3.63, 3.8) is 0 Å². The first-order valence-electron chi connectivity index (χ1n) is 8.56. The molecule has 0 atom stereocenters. The number of esters is 1. The zero-order chi connectivity index (χ0) is 18.9. The Kier molecular flexibility index (Phi) is 7.72. The standard InChI is InChI=1S/C18H23ClN2O5/c1-25-15-8-7-13(9-14(15)19)21-16(22)11-26-17(23)10-20-18(24)12-5-3-2-4-6-12/h7-9,12H,2-6,10-11H2,1H3,(H,20,24)(H,21,22). The highest BCUT2D eigenvalue weighted by atomic mass is 35.5. The maximum absolute atomic E-state index is 11.9. The number of rotatable bonds is 7. The van der Waals surface area contributed by atoms with Crippen molar-refractivity contribution in [2.45, 2.75) is 32.1 Å². The van der Waals surface area contributed by atoms with Gasteiger partial charge in [-0.05, 0) is 31.0 Å². The summed E-state index contributed by atoms with van der Waals surface area (Å²) in [6.07, 6.45) is 4.94. The van der Waals surface area contributed by atoms with Gasteiger partial charge in [-0.3, -0.25) is 14.4 Å². The maximum Gasteiger partial charge on any atom is 0.325 e. The fourth-order valence-corrected chi connectivity index (χ4v) is 3.06. The molecule has 0 heterocycles. The minimum absolute atomic E-state index is 0.0281. The highest BCUT2D eigenvalue weighted by Gasteiger charge is 2.21. The van der Waals surface area contributed by atoms with Gasteiger partial charge in [0.15, 0.2) is 6.61 Å². The van der Waals surface area contributed by atoms with Crippen LogP contribution in [0.15, 0.2) is 18.2 Å². The molecule has 1 fully saturated rings. The number of ether oxygens (including phenoxy) is 2. The van der Waals surface area contributed by atoms with Gasteiger partial charge in [-0.25, -0.2) is 0 Å². The molecule has 0 spiro atoms. The average molecular weight is 383 g/mol. The third kappa shape index (κ3) is 6.22. The Morgan fingerprint density at radius 1 is 1.19 bits per heavy atom. The van der Waals surface area contributed by atoms with E-state index in [0.29, 0.717) is 16.5 Å². The Bertz CT molecular complexity index is 659. The molecule has 1 aromatic rings. The molecule has 8 heteroatoms. The van der Waals surface area contributed by atoms with Crippen LogP contribution in [0.1, 0.15) is 32.1 Å². The molecule has 1 aliphatic carbocycles. The Hall–Kier alpha value is -2.28. The van der Waals surface area contributed by atoms with E-state index < -0.39 is 18.5 Å². The molecule has 1 saturated carbocycles. The van der Waals surface area contributed by atoms with Crippen molar-refractivity contribution in [2.75, 3.05) is 25.6 Å². The molecule has 2 amide bonds. The van der Waals surface area contributed by atoms with E-state index in [0.717, 1.165) is 32.1 Å². The number of halogens is 1. The molecule has 0 unspecified atom stereocenters. The normalized spacial score (nSPS) is 14.4. The summed E-state index contributed by atoms with van der Waals surface area (Å²) in [6, 6.07) is 4.77. The van der Waals surface area contributed by atoms with E-state index in [4.69, 9.17) is 21.1 Å². The number of amides is 2. The predicted molar refractivity (Wildman–Crippen MR) is 97.2 cm³/mol. The lowest BCUT2D eigenvalue weighted by molar-refractivity contribution is -0.147. The lowest BCUT2D eigenvalue weighted by Crippen LogP contribution is -2.36. The smallest absolute Gasteiger partial charge is 0.325 e. The molecule has 0 saturated heterocycles. The second-order valence-corrected chi connectivity index (χ2v) is 6.52. The molecule has 142 valence electrons. The second-order valence-electron chi connectivity index (χ2n) is 6.11. The molecule has 0 radical (unpaired) electrons. The summed E-state index contributed by atoms with van der Waals surface area (Å²) in [5.74, 6) is -0.821. The molecule has 7 nitrogen and oxygen atoms in total. The maximum atomic E-state index is 11.9. The summed E-state index contributed by atoms with van der Waals surface area (Å²) in [5.41, 5.74) is 0.461. The van der Waals surface area contributed by atoms with Crippen molar-refractivity contribution in [2.24, 2.45) is 5.92 Å². The SMILES string of the molecule is COc1ccc(NC(=O)COC(=O)CNC(=O)C2CCCCC2)cc1Cl. The molecule has 0 aliphatic heterocycles. The van der Waals surface area contributed by atoms with E-state index in [2.05, 4.69) is 10.6 Å². The van der Waals surface area contributed by atoms with E-state index in [1.807, 2.05) is 0 Å². The molecule has 1 aromatic carbocycles. The van der Waals surface area contributed by atoms with Crippen LogP contribution in [0.5, 0.6) is 5.75 Å². The number of hydrogen-bond donors (Lipinski definition) is 2. The monoisotopic (exact) mass is 382 g/mol. The average Bonchev–Trinajstić information content (AvgIpc) is 2.65. The van der Waals surface area contributed by atoms with Crippen molar-refractivity contribution in [3.8, 4) is 5.75 Å². The van der Waals surface area contributed by atoms with E-state index >= 15 is 0 Å². The molecular formula is C18H23ClN2O5. The van der Waals surface area contributed by atoms with Crippen molar-refractivity contribution < 1.29 is 23.9 Å². The lowest BCUT2D eigenvalue weighted by atomic mass is 9.89. The van der Waals surface area contributed by atoms with E-state index in [1.165, 1.54) is 13.2 Å². The van der Waals surface area contributed by atoms with Crippen LogP contribution in [-0.4, -0.2) is 38.0 Å². The number of nitrogens with one attached hydrogen (secondary N) is 2. The van der Waals surface area contributed by atoms with Gasteiger partial charge in [0, 0.05) is 11.6 Å². The van der Waals surface area contributed by atoms with Gasteiger partial charge in [0.05, 0.1) is 12.1 Å². The van der Waals surface area contributed by atoms with Gasteiger partial charge in [0.2, 0.25) is 5.91 Å².